The SMILES string of the molecule is CC(C)(C)N1CC2CC(N)C1C2. The van der Waals surface area contributed by atoms with Crippen LogP contribution in [0.4, 0.5) is 0 Å². The van der Waals surface area contributed by atoms with E-state index in [0.717, 1.165) is 5.92 Å². The van der Waals surface area contributed by atoms with Crippen molar-refractivity contribution in [2.75, 3.05) is 6.54 Å². The number of nitrogens with two attached hydrogens (primary N) is 1. The molecule has 2 nitrogen and oxygen atoms in total. The number of piperidine rings is 1. The summed E-state index contributed by atoms with van der Waals surface area (Å²) in [5.74, 6) is 0.893. The average molecular weight is 168 g/mol. The Morgan fingerprint density at radius 1 is 1.25 bits per heavy atom. The summed E-state index contributed by atoms with van der Waals surface area (Å²) in [6.07, 6.45) is 2.61. The highest BCUT2D eigenvalue weighted by molar-refractivity contribution is 5.03. The predicted octanol–water partition coefficient (Wildman–Crippen LogP) is 1.21. The summed E-state index contributed by atoms with van der Waals surface area (Å²) in [6, 6.07) is 1.12. The van der Waals surface area contributed by atoms with E-state index in [9.17, 15) is 0 Å². The molecule has 2 heteroatoms. The van der Waals surface area contributed by atoms with Gasteiger partial charge in [0.05, 0.1) is 0 Å². The van der Waals surface area contributed by atoms with Crippen molar-refractivity contribution in [1.29, 1.82) is 0 Å². The summed E-state index contributed by atoms with van der Waals surface area (Å²) in [4.78, 5) is 2.59. The van der Waals surface area contributed by atoms with Crippen molar-refractivity contribution in [2.45, 2.75) is 51.2 Å². The number of rotatable bonds is 0. The van der Waals surface area contributed by atoms with Crippen molar-refractivity contribution in [1.82, 2.24) is 4.90 Å². The van der Waals surface area contributed by atoms with Gasteiger partial charge in [-0.2, -0.15) is 0 Å². The minimum atomic E-state index is 0.317. The Morgan fingerprint density at radius 3 is 2.25 bits per heavy atom. The van der Waals surface area contributed by atoms with Crippen LogP contribution < -0.4 is 5.73 Å². The fourth-order valence-electron chi connectivity index (χ4n) is 2.85. The summed E-state index contributed by atoms with van der Waals surface area (Å²) < 4.78 is 0. The maximum atomic E-state index is 6.07. The highest BCUT2D eigenvalue weighted by Gasteiger charge is 2.46. The molecule has 0 amide bonds. The fraction of sp³-hybridized carbons (Fsp3) is 1.00. The van der Waals surface area contributed by atoms with Gasteiger partial charge in [0, 0.05) is 24.2 Å². The first-order valence-corrected chi connectivity index (χ1v) is 5.01. The van der Waals surface area contributed by atoms with Gasteiger partial charge in [0.2, 0.25) is 0 Å². The second kappa shape index (κ2) is 2.46. The smallest absolute Gasteiger partial charge is 0.0255 e. The molecule has 1 saturated carbocycles. The summed E-state index contributed by atoms with van der Waals surface area (Å²) in [6.45, 7) is 8.16. The monoisotopic (exact) mass is 168 g/mol. The van der Waals surface area contributed by atoms with E-state index in [4.69, 9.17) is 5.73 Å². The lowest BCUT2D eigenvalue weighted by molar-refractivity contribution is 0.0860. The van der Waals surface area contributed by atoms with Crippen molar-refractivity contribution >= 4 is 0 Å². The lowest BCUT2D eigenvalue weighted by Crippen LogP contribution is -2.53. The number of likely N-dealkylation sites (tertiary alicyclic amines) is 1. The first-order valence-electron chi connectivity index (χ1n) is 5.01. The largest absolute Gasteiger partial charge is 0.326 e. The maximum absolute atomic E-state index is 6.07. The van der Waals surface area contributed by atoms with E-state index in [-0.39, 0.29) is 0 Å². The van der Waals surface area contributed by atoms with Gasteiger partial charge < -0.3 is 5.73 Å². The van der Waals surface area contributed by atoms with Crippen molar-refractivity contribution in [3.8, 4) is 0 Å². The summed E-state index contributed by atoms with van der Waals surface area (Å²) in [7, 11) is 0. The molecule has 1 heterocycles. The molecule has 2 aliphatic rings. The molecule has 1 aliphatic heterocycles. The van der Waals surface area contributed by atoms with E-state index in [2.05, 4.69) is 25.7 Å². The molecule has 3 atom stereocenters. The molecule has 70 valence electrons. The molecule has 2 N–H and O–H groups in total. The fourth-order valence-corrected chi connectivity index (χ4v) is 2.85. The molecule has 0 spiro atoms. The van der Waals surface area contributed by atoms with E-state index < -0.39 is 0 Å². The Labute approximate surface area is 75.1 Å². The van der Waals surface area contributed by atoms with Crippen LogP contribution in [0.1, 0.15) is 33.6 Å². The van der Waals surface area contributed by atoms with Gasteiger partial charge in [0.25, 0.3) is 0 Å². The van der Waals surface area contributed by atoms with Gasteiger partial charge in [-0.25, -0.2) is 0 Å². The number of nitrogens with zero attached hydrogens (tertiary/aromatic N) is 1. The van der Waals surface area contributed by atoms with Gasteiger partial charge in [0.15, 0.2) is 0 Å². The molecule has 0 aromatic heterocycles. The van der Waals surface area contributed by atoms with Gasteiger partial charge in [-0.05, 0) is 39.5 Å². The van der Waals surface area contributed by atoms with E-state index in [1.807, 2.05) is 0 Å². The Morgan fingerprint density at radius 2 is 1.92 bits per heavy atom. The van der Waals surface area contributed by atoms with Gasteiger partial charge in [-0.3, -0.25) is 4.90 Å². The van der Waals surface area contributed by atoms with Crippen LogP contribution in [0.3, 0.4) is 0 Å². The van der Waals surface area contributed by atoms with Crippen molar-refractivity contribution in [3.05, 3.63) is 0 Å². The van der Waals surface area contributed by atoms with Crippen LogP contribution in [0.5, 0.6) is 0 Å². The number of hydrogen-bond acceptors (Lipinski definition) is 2. The maximum Gasteiger partial charge on any atom is 0.0255 e. The zero-order valence-corrected chi connectivity index (χ0v) is 8.38. The Bertz CT molecular complexity index is 183. The van der Waals surface area contributed by atoms with Crippen LogP contribution in [0, 0.1) is 5.92 Å². The molecule has 0 radical (unpaired) electrons. The topological polar surface area (TPSA) is 29.3 Å². The molecular weight excluding hydrogens is 148 g/mol. The van der Waals surface area contributed by atoms with E-state index in [1.165, 1.54) is 19.4 Å². The molecule has 2 bridgehead atoms. The lowest BCUT2D eigenvalue weighted by atomic mass is 9.99. The molecule has 12 heavy (non-hydrogen) atoms. The third kappa shape index (κ3) is 1.17. The second-order valence-electron chi connectivity index (χ2n) is 5.39. The van der Waals surface area contributed by atoms with Gasteiger partial charge >= 0.3 is 0 Å². The Hall–Kier alpha value is -0.0800. The van der Waals surface area contributed by atoms with Crippen molar-refractivity contribution in [2.24, 2.45) is 11.7 Å². The van der Waals surface area contributed by atoms with Crippen LogP contribution in [0.2, 0.25) is 0 Å². The lowest BCUT2D eigenvalue weighted by Gasteiger charge is -2.41. The van der Waals surface area contributed by atoms with Crippen molar-refractivity contribution in [3.63, 3.8) is 0 Å². The van der Waals surface area contributed by atoms with Crippen molar-refractivity contribution < 1.29 is 0 Å². The molecule has 3 unspecified atom stereocenters. The van der Waals surface area contributed by atoms with Crippen LogP contribution in [-0.2, 0) is 0 Å². The molecule has 2 fully saturated rings. The van der Waals surface area contributed by atoms with E-state index in [1.54, 1.807) is 0 Å². The third-order valence-corrected chi connectivity index (χ3v) is 3.39. The summed E-state index contributed by atoms with van der Waals surface area (Å²) in [5.41, 5.74) is 6.38. The van der Waals surface area contributed by atoms with E-state index in [0.29, 0.717) is 17.6 Å². The van der Waals surface area contributed by atoms with Gasteiger partial charge in [0.1, 0.15) is 0 Å². The normalized spacial score (nSPS) is 42.5. The first kappa shape index (κ1) is 8.52. The quantitative estimate of drug-likeness (QED) is 0.589. The molecule has 0 aromatic rings. The predicted molar refractivity (Wildman–Crippen MR) is 50.9 cm³/mol. The first-order chi connectivity index (χ1) is 5.48. The highest BCUT2D eigenvalue weighted by Crippen LogP contribution is 2.40. The average Bonchev–Trinajstić information content (AvgIpc) is 2.41. The minimum Gasteiger partial charge on any atom is -0.326 e. The van der Waals surface area contributed by atoms with Crippen LogP contribution in [-0.4, -0.2) is 29.1 Å². The number of fused-ring (bicyclic) bond motifs is 2. The standard InChI is InChI=1S/C10H20N2/c1-10(2,3)12-6-7-4-8(11)9(12)5-7/h7-9H,4-6,11H2,1-3H3. The molecule has 2 rings (SSSR count). The molecule has 0 aromatic carbocycles. The van der Waals surface area contributed by atoms with Gasteiger partial charge in [-0.1, -0.05) is 0 Å². The molecular formula is C10H20N2. The zero-order chi connectivity index (χ0) is 8.93. The summed E-state index contributed by atoms with van der Waals surface area (Å²) in [5, 5.41) is 0. The summed E-state index contributed by atoms with van der Waals surface area (Å²) >= 11 is 0. The van der Waals surface area contributed by atoms with Crippen LogP contribution in [0.15, 0.2) is 0 Å². The highest BCUT2D eigenvalue weighted by atomic mass is 15.3. The van der Waals surface area contributed by atoms with Gasteiger partial charge in [-0.15, -0.1) is 0 Å². The van der Waals surface area contributed by atoms with E-state index >= 15 is 0 Å². The number of hydrogen-bond donors (Lipinski definition) is 1. The second-order valence-corrected chi connectivity index (χ2v) is 5.39. The zero-order valence-electron chi connectivity index (χ0n) is 8.38. The van der Waals surface area contributed by atoms with Crippen LogP contribution in [0.25, 0.3) is 0 Å². The molecule has 1 saturated heterocycles. The third-order valence-electron chi connectivity index (χ3n) is 3.39. The minimum absolute atomic E-state index is 0.317. The van der Waals surface area contributed by atoms with Crippen LogP contribution >= 0.6 is 0 Å². The Kier molecular flexibility index (Phi) is 1.74. The molecule has 1 aliphatic carbocycles. The Balaban J connectivity index is 2.12.